The number of aryl methyl sites for hydroxylation is 1. The molecule has 0 saturated heterocycles. The lowest BCUT2D eigenvalue weighted by atomic mass is 10.1. The molecule has 130 valence electrons. The van der Waals surface area contributed by atoms with Crippen LogP contribution in [0.2, 0.25) is 0 Å². The molecule has 24 heavy (non-hydrogen) atoms. The molecule has 0 aliphatic rings. The Bertz CT molecular complexity index is 657. The Kier molecular flexibility index (Phi) is 6.65. The van der Waals surface area contributed by atoms with Crippen molar-refractivity contribution in [1.82, 2.24) is 9.47 Å². The van der Waals surface area contributed by atoms with Gasteiger partial charge in [-0.25, -0.2) is 0 Å². The fourth-order valence-corrected chi connectivity index (χ4v) is 2.90. The SMILES string of the molecule is CCCCN(Cc1cccn1Cc1ccccc1C)C(=O)C(C)C. The van der Waals surface area contributed by atoms with Crippen molar-refractivity contribution in [2.75, 3.05) is 6.54 Å². The lowest BCUT2D eigenvalue weighted by molar-refractivity contribution is -0.135. The van der Waals surface area contributed by atoms with E-state index in [0.717, 1.165) is 25.9 Å². The van der Waals surface area contributed by atoms with Gasteiger partial charge >= 0.3 is 0 Å². The molecule has 0 spiro atoms. The number of nitrogens with zero attached hydrogens (tertiary/aromatic N) is 2. The van der Waals surface area contributed by atoms with Crippen LogP contribution in [-0.2, 0) is 17.9 Å². The summed E-state index contributed by atoms with van der Waals surface area (Å²) < 4.78 is 2.26. The normalized spacial score (nSPS) is 11.0. The fraction of sp³-hybridized carbons (Fsp3) is 0.476. The van der Waals surface area contributed by atoms with Crippen molar-refractivity contribution in [2.45, 2.75) is 53.6 Å². The summed E-state index contributed by atoms with van der Waals surface area (Å²) in [4.78, 5) is 14.5. The van der Waals surface area contributed by atoms with Crippen molar-refractivity contribution in [1.29, 1.82) is 0 Å². The number of amides is 1. The molecule has 0 N–H and O–H groups in total. The van der Waals surface area contributed by atoms with E-state index >= 15 is 0 Å². The van der Waals surface area contributed by atoms with E-state index in [1.165, 1.54) is 16.8 Å². The average Bonchev–Trinajstić information content (AvgIpc) is 2.99. The summed E-state index contributed by atoms with van der Waals surface area (Å²) in [5.74, 6) is 0.286. The van der Waals surface area contributed by atoms with Crippen LogP contribution in [0.15, 0.2) is 42.6 Å². The molecule has 0 aliphatic carbocycles. The molecular formula is C21H30N2O. The van der Waals surface area contributed by atoms with Crippen molar-refractivity contribution in [3.05, 3.63) is 59.4 Å². The minimum atomic E-state index is 0.0432. The van der Waals surface area contributed by atoms with E-state index < -0.39 is 0 Å². The van der Waals surface area contributed by atoms with Crippen LogP contribution in [0.25, 0.3) is 0 Å². The summed E-state index contributed by atoms with van der Waals surface area (Å²) in [5.41, 5.74) is 3.83. The monoisotopic (exact) mass is 326 g/mol. The van der Waals surface area contributed by atoms with E-state index in [1.807, 2.05) is 18.7 Å². The molecule has 0 unspecified atom stereocenters. The third-order valence-corrected chi connectivity index (χ3v) is 4.47. The molecular weight excluding hydrogens is 296 g/mol. The number of unbranched alkanes of at least 4 members (excludes halogenated alkanes) is 1. The van der Waals surface area contributed by atoms with Crippen LogP contribution in [0.1, 0.15) is 50.4 Å². The minimum absolute atomic E-state index is 0.0432. The Labute approximate surface area is 146 Å². The molecule has 2 rings (SSSR count). The van der Waals surface area contributed by atoms with Gasteiger partial charge in [-0.1, -0.05) is 51.5 Å². The quantitative estimate of drug-likeness (QED) is 0.694. The first-order valence-electron chi connectivity index (χ1n) is 9.00. The maximum atomic E-state index is 12.5. The predicted molar refractivity (Wildman–Crippen MR) is 99.9 cm³/mol. The Morgan fingerprint density at radius 1 is 1.17 bits per heavy atom. The Morgan fingerprint density at radius 2 is 1.92 bits per heavy atom. The Hall–Kier alpha value is -2.03. The summed E-state index contributed by atoms with van der Waals surface area (Å²) in [5, 5.41) is 0. The number of carbonyl (C=O) groups is 1. The highest BCUT2D eigenvalue weighted by atomic mass is 16.2. The van der Waals surface area contributed by atoms with Gasteiger partial charge in [0.25, 0.3) is 0 Å². The highest BCUT2D eigenvalue weighted by Gasteiger charge is 2.18. The second-order valence-electron chi connectivity index (χ2n) is 6.82. The van der Waals surface area contributed by atoms with Crippen LogP contribution in [0.3, 0.4) is 0 Å². The molecule has 0 bridgehead atoms. The number of aromatic nitrogens is 1. The third-order valence-electron chi connectivity index (χ3n) is 4.47. The second kappa shape index (κ2) is 8.72. The molecule has 0 saturated carbocycles. The molecule has 0 atom stereocenters. The zero-order valence-electron chi connectivity index (χ0n) is 15.5. The van der Waals surface area contributed by atoms with Gasteiger partial charge in [0.15, 0.2) is 0 Å². The van der Waals surface area contributed by atoms with Gasteiger partial charge in [-0.3, -0.25) is 4.79 Å². The van der Waals surface area contributed by atoms with Crippen LogP contribution in [0.5, 0.6) is 0 Å². The Balaban J connectivity index is 2.15. The van der Waals surface area contributed by atoms with Gasteiger partial charge in [-0.05, 0) is 36.6 Å². The van der Waals surface area contributed by atoms with Crippen molar-refractivity contribution < 1.29 is 4.79 Å². The number of hydrogen-bond acceptors (Lipinski definition) is 1. The first-order valence-corrected chi connectivity index (χ1v) is 9.00. The van der Waals surface area contributed by atoms with Gasteiger partial charge in [0, 0.05) is 30.9 Å². The molecule has 1 heterocycles. The van der Waals surface area contributed by atoms with Gasteiger partial charge in [0.2, 0.25) is 5.91 Å². The van der Waals surface area contributed by atoms with Gasteiger partial charge in [-0.2, -0.15) is 0 Å². The van der Waals surface area contributed by atoms with Crippen molar-refractivity contribution in [3.63, 3.8) is 0 Å². The van der Waals surface area contributed by atoms with Crippen LogP contribution >= 0.6 is 0 Å². The van der Waals surface area contributed by atoms with Crippen molar-refractivity contribution in [3.8, 4) is 0 Å². The largest absolute Gasteiger partial charge is 0.345 e. The Morgan fingerprint density at radius 3 is 2.58 bits per heavy atom. The van der Waals surface area contributed by atoms with Gasteiger partial charge < -0.3 is 9.47 Å². The van der Waals surface area contributed by atoms with E-state index in [9.17, 15) is 4.79 Å². The molecule has 1 amide bonds. The van der Waals surface area contributed by atoms with Crippen LogP contribution in [0, 0.1) is 12.8 Å². The standard InChI is InChI=1S/C21H30N2O/c1-5-6-13-23(21(24)17(2)3)16-20-12-9-14-22(20)15-19-11-8-7-10-18(19)4/h7-12,14,17H,5-6,13,15-16H2,1-4H3. The first kappa shape index (κ1) is 18.3. The van der Waals surface area contributed by atoms with E-state index in [0.29, 0.717) is 6.54 Å². The van der Waals surface area contributed by atoms with E-state index in [2.05, 4.69) is 61.0 Å². The number of hydrogen-bond donors (Lipinski definition) is 0. The first-order chi connectivity index (χ1) is 11.5. The summed E-state index contributed by atoms with van der Waals surface area (Å²) >= 11 is 0. The minimum Gasteiger partial charge on any atom is -0.345 e. The third kappa shape index (κ3) is 4.73. The highest BCUT2D eigenvalue weighted by molar-refractivity contribution is 5.78. The zero-order chi connectivity index (χ0) is 17.5. The van der Waals surface area contributed by atoms with E-state index in [-0.39, 0.29) is 11.8 Å². The molecule has 3 nitrogen and oxygen atoms in total. The maximum absolute atomic E-state index is 12.5. The lowest BCUT2D eigenvalue weighted by Crippen LogP contribution is -2.35. The van der Waals surface area contributed by atoms with Crippen molar-refractivity contribution in [2.24, 2.45) is 5.92 Å². The summed E-state index contributed by atoms with van der Waals surface area (Å²) in [6.07, 6.45) is 4.27. The summed E-state index contributed by atoms with van der Waals surface area (Å²) in [6, 6.07) is 12.7. The smallest absolute Gasteiger partial charge is 0.225 e. The van der Waals surface area contributed by atoms with Gasteiger partial charge in [-0.15, -0.1) is 0 Å². The second-order valence-corrected chi connectivity index (χ2v) is 6.82. The van der Waals surface area contributed by atoms with E-state index in [1.54, 1.807) is 0 Å². The van der Waals surface area contributed by atoms with Gasteiger partial charge in [0.1, 0.15) is 0 Å². The zero-order valence-corrected chi connectivity index (χ0v) is 15.5. The molecule has 2 aromatic rings. The molecule has 1 aromatic carbocycles. The average molecular weight is 326 g/mol. The predicted octanol–water partition coefficient (Wildman–Crippen LogP) is 4.63. The molecule has 0 fully saturated rings. The number of rotatable bonds is 8. The van der Waals surface area contributed by atoms with E-state index in [4.69, 9.17) is 0 Å². The fourth-order valence-electron chi connectivity index (χ4n) is 2.90. The summed E-state index contributed by atoms with van der Waals surface area (Å²) in [6.45, 7) is 10.7. The summed E-state index contributed by atoms with van der Waals surface area (Å²) in [7, 11) is 0. The van der Waals surface area contributed by atoms with Crippen LogP contribution in [-0.4, -0.2) is 21.9 Å². The topological polar surface area (TPSA) is 25.2 Å². The molecule has 1 aromatic heterocycles. The number of carbonyl (C=O) groups excluding carboxylic acids is 1. The van der Waals surface area contributed by atoms with Gasteiger partial charge in [0.05, 0.1) is 6.54 Å². The molecule has 0 radical (unpaired) electrons. The maximum Gasteiger partial charge on any atom is 0.225 e. The highest BCUT2D eigenvalue weighted by Crippen LogP contribution is 2.15. The molecule has 3 heteroatoms. The molecule has 0 aliphatic heterocycles. The van der Waals surface area contributed by atoms with Crippen LogP contribution < -0.4 is 0 Å². The van der Waals surface area contributed by atoms with Crippen LogP contribution in [0.4, 0.5) is 0 Å². The lowest BCUT2D eigenvalue weighted by Gasteiger charge is -2.25. The number of benzene rings is 1. The van der Waals surface area contributed by atoms with Crippen molar-refractivity contribution >= 4 is 5.91 Å².